The van der Waals surface area contributed by atoms with Crippen LogP contribution in [-0.4, -0.2) is 16.5 Å². The van der Waals surface area contributed by atoms with E-state index in [-0.39, 0.29) is 12.0 Å². The number of Topliss-reactive ketones (excluding diaryl/α,β-unsaturated/α-hetero) is 1. The van der Waals surface area contributed by atoms with E-state index in [0.29, 0.717) is 0 Å². The highest BCUT2D eigenvalue weighted by molar-refractivity contribution is 6.02. The largest absolute Gasteiger partial charge is 0.382 e. The van der Waals surface area contributed by atoms with Crippen molar-refractivity contribution in [3.8, 4) is 0 Å². The van der Waals surface area contributed by atoms with Crippen LogP contribution in [-0.2, 0) is 0 Å². The van der Waals surface area contributed by atoms with Gasteiger partial charge in [-0.2, -0.15) is 0 Å². The van der Waals surface area contributed by atoms with Gasteiger partial charge in [-0.3, -0.25) is 4.79 Å². The Bertz CT molecular complexity index is 425. The fourth-order valence-electron chi connectivity index (χ4n) is 1.27. The van der Waals surface area contributed by atoms with E-state index in [1.165, 1.54) is 26.0 Å². The summed E-state index contributed by atoms with van der Waals surface area (Å²) >= 11 is 0. The number of aryl methyl sites for hydroxylation is 1. The summed E-state index contributed by atoms with van der Waals surface area (Å²) in [4.78, 5) is 11.7. The Morgan fingerprint density at radius 1 is 1.38 bits per heavy atom. The van der Waals surface area contributed by atoms with Crippen LogP contribution in [0, 0.1) is 18.6 Å². The second-order valence-electron chi connectivity index (χ2n) is 4.01. The zero-order valence-corrected chi connectivity index (χ0v) is 9.47. The smallest absolute Gasteiger partial charge is 0.197 e. The molecular formula is C12H14F2O2. The highest BCUT2D eigenvalue weighted by Crippen LogP contribution is 2.22. The fourth-order valence-corrected chi connectivity index (χ4v) is 1.27. The highest BCUT2D eigenvalue weighted by atomic mass is 19.2. The van der Waals surface area contributed by atoms with Crippen LogP contribution >= 0.6 is 0 Å². The van der Waals surface area contributed by atoms with Crippen molar-refractivity contribution in [2.75, 3.05) is 0 Å². The van der Waals surface area contributed by atoms with Gasteiger partial charge in [-0.25, -0.2) is 8.78 Å². The first-order chi connectivity index (χ1) is 7.31. The van der Waals surface area contributed by atoms with Crippen molar-refractivity contribution in [1.82, 2.24) is 0 Å². The summed E-state index contributed by atoms with van der Waals surface area (Å²) < 4.78 is 26.7. The van der Waals surface area contributed by atoms with Crippen LogP contribution in [0.4, 0.5) is 8.78 Å². The summed E-state index contributed by atoms with van der Waals surface area (Å²) in [5, 5.41) is 9.69. The van der Waals surface area contributed by atoms with Gasteiger partial charge in [-0.1, -0.05) is 13.0 Å². The molecule has 0 aliphatic carbocycles. The van der Waals surface area contributed by atoms with E-state index in [0.717, 1.165) is 0 Å². The lowest BCUT2D eigenvalue weighted by Gasteiger charge is -2.20. The maximum absolute atomic E-state index is 13.5. The number of ketones is 1. The van der Waals surface area contributed by atoms with Crippen LogP contribution < -0.4 is 0 Å². The Kier molecular flexibility index (Phi) is 3.43. The van der Waals surface area contributed by atoms with Crippen molar-refractivity contribution in [2.45, 2.75) is 32.8 Å². The van der Waals surface area contributed by atoms with Gasteiger partial charge in [0.05, 0.1) is 5.56 Å². The molecule has 0 saturated carbocycles. The van der Waals surface area contributed by atoms with Crippen LogP contribution in [0.5, 0.6) is 0 Å². The van der Waals surface area contributed by atoms with E-state index >= 15 is 0 Å². The Morgan fingerprint density at radius 2 is 1.94 bits per heavy atom. The summed E-state index contributed by atoms with van der Waals surface area (Å²) in [6.45, 7) is 4.29. The average molecular weight is 228 g/mol. The number of carbonyl (C=O) groups excluding carboxylic acids is 1. The van der Waals surface area contributed by atoms with Crippen molar-refractivity contribution in [2.24, 2.45) is 0 Å². The molecule has 2 nitrogen and oxygen atoms in total. The van der Waals surface area contributed by atoms with Crippen LogP contribution in [0.15, 0.2) is 12.1 Å². The van der Waals surface area contributed by atoms with E-state index in [9.17, 15) is 18.7 Å². The number of aliphatic hydroxyl groups is 1. The van der Waals surface area contributed by atoms with Crippen molar-refractivity contribution < 1.29 is 18.7 Å². The molecule has 1 N–H and O–H groups in total. The Morgan fingerprint density at radius 3 is 2.44 bits per heavy atom. The van der Waals surface area contributed by atoms with E-state index in [4.69, 9.17) is 0 Å². The van der Waals surface area contributed by atoms with Crippen molar-refractivity contribution in [3.63, 3.8) is 0 Å². The second kappa shape index (κ2) is 4.29. The number of halogens is 2. The minimum Gasteiger partial charge on any atom is -0.382 e. The number of hydrogen-bond donors (Lipinski definition) is 1. The Balaban J connectivity index is 3.26. The summed E-state index contributed by atoms with van der Waals surface area (Å²) in [5.41, 5.74) is -1.94. The molecule has 0 spiro atoms. The molecule has 0 bridgehead atoms. The van der Waals surface area contributed by atoms with Gasteiger partial charge in [0, 0.05) is 0 Å². The molecule has 0 aromatic heterocycles. The standard InChI is InChI=1S/C12H14F2O2/c1-4-12(3,16)11(15)8-6-5-7(2)9(13)10(8)14/h5-6,16H,4H2,1-3H3. The molecule has 0 fully saturated rings. The van der Waals surface area contributed by atoms with Crippen LogP contribution in [0.1, 0.15) is 36.2 Å². The summed E-state index contributed by atoms with van der Waals surface area (Å²) in [6, 6.07) is 2.51. The van der Waals surface area contributed by atoms with Crippen LogP contribution in [0.2, 0.25) is 0 Å². The predicted octanol–water partition coefficient (Wildman–Crippen LogP) is 2.62. The van der Waals surface area contributed by atoms with Gasteiger partial charge in [-0.05, 0) is 31.9 Å². The van der Waals surface area contributed by atoms with Gasteiger partial charge in [0.25, 0.3) is 0 Å². The molecule has 4 heteroatoms. The molecular weight excluding hydrogens is 214 g/mol. The summed E-state index contributed by atoms with van der Waals surface area (Å²) in [5.74, 6) is -3.04. The zero-order valence-electron chi connectivity index (χ0n) is 9.47. The fraction of sp³-hybridized carbons (Fsp3) is 0.417. The predicted molar refractivity (Wildman–Crippen MR) is 56.3 cm³/mol. The minimum atomic E-state index is -1.66. The Hall–Kier alpha value is -1.29. The van der Waals surface area contributed by atoms with Gasteiger partial charge in [0.2, 0.25) is 0 Å². The zero-order chi connectivity index (χ0) is 12.5. The molecule has 1 unspecified atom stereocenters. The molecule has 0 radical (unpaired) electrons. The first-order valence-electron chi connectivity index (χ1n) is 5.03. The summed E-state index contributed by atoms with van der Waals surface area (Å²) in [7, 11) is 0. The third-order valence-electron chi connectivity index (χ3n) is 2.70. The molecule has 0 aliphatic heterocycles. The first kappa shape index (κ1) is 12.8. The first-order valence-corrected chi connectivity index (χ1v) is 5.03. The van der Waals surface area contributed by atoms with Gasteiger partial charge in [-0.15, -0.1) is 0 Å². The lowest BCUT2D eigenvalue weighted by atomic mass is 9.91. The topological polar surface area (TPSA) is 37.3 Å². The van der Waals surface area contributed by atoms with Crippen molar-refractivity contribution in [1.29, 1.82) is 0 Å². The number of carbonyl (C=O) groups is 1. The second-order valence-corrected chi connectivity index (χ2v) is 4.01. The quantitative estimate of drug-likeness (QED) is 0.807. The molecule has 88 valence electrons. The van der Waals surface area contributed by atoms with Gasteiger partial charge >= 0.3 is 0 Å². The Labute approximate surface area is 92.9 Å². The third kappa shape index (κ3) is 2.11. The number of rotatable bonds is 3. The molecule has 1 aromatic rings. The molecule has 0 saturated heterocycles. The number of hydrogen-bond acceptors (Lipinski definition) is 2. The summed E-state index contributed by atoms with van der Waals surface area (Å²) in [6.07, 6.45) is 0.140. The maximum Gasteiger partial charge on any atom is 0.197 e. The van der Waals surface area contributed by atoms with Gasteiger partial charge in [0.15, 0.2) is 17.4 Å². The molecule has 16 heavy (non-hydrogen) atoms. The van der Waals surface area contributed by atoms with Crippen molar-refractivity contribution >= 4 is 5.78 Å². The van der Waals surface area contributed by atoms with Crippen molar-refractivity contribution in [3.05, 3.63) is 34.9 Å². The maximum atomic E-state index is 13.5. The van der Waals surface area contributed by atoms with Crippen LogP contribution in [0.3, 0.4) is 0 Å². The van der Waals surface area contributed by atoms with E-state index in [1.807, 2.05) is 0 Å². The lowest BCUT2D eigenvalue weighted by Crippen LogP contribution is -2.35. The average Bonchev–Trinajstić information content (AvgIpc) is 2.25. The molecule has 1 aromatic carbocycles. The monoisotopic (exact) mass is 228 g/mol. The number of benzene rings is 1. The molecule has 1 rings (SSSR count). The molecule has 0 heterocycles. The SMILES string of the molecule is CCC(C)(O)C(=O)c1ccc(C)c(F)c1F. The van der Waals surface area contributed by atoms with E-state index < -0.39 is 28.6 Å². The van der Waals surface area contributed by atoms with Gasteiger partial charge < -0.3 is 5.11 Å². The normalized spacial score (nSPS) is 14.6. The lowest BCUT2D eigenvalue weighted by molar-refractivity contribution is 0.0385. The van der Waals surface area contributed by atoms with E-state index in [2.05, 4.69) is 0 Å². The van der Waals surface area contributed by atoms with Crippen LogP contribution in [0.25, 0.3) is 0 Å². The van der Waals surface area contributed by atoms with E-state index in [1.54, 1.807) is 6.92 Å². The minimum absolute atomic E-state index is 0.130. The molecule has 1 atom stereocenters. The highest BCUT2D eigenvalue weighted by Gasteiger charge is 2.32. The third-order valence-corrected chi connectivity index (χ3v) is 2.70. The molecule has 0 aliphatic rings. The molecule has 0 amide bonds. The van der Waals surface area contributed by atoms with Gasteiger partial charge in [0.1, 0.15) is 5.60 Å².